The molecule has 4 aromatic rings. The van der Waals surface area contributed by atoms with Crippen molar-refractivity contribution >= 4 is 22.6 Å². The summed E-state index contributed by atoms with van der Waals surface area (Å²) >= 11 is 0. The van der Waals surface area contributed by atoms with Gasteiger partial charge in [-0.2, -0.15) is 10.1 Å². The molecule has 1 aromatic carbocycles. The van der Waals surface area contributed by atoms with Crippen LogP contribution in [0.2, 0.25) is 0 Å². The Kier molecular flexibility index (Phi) is 4.32. The molecule has 0 fully saturated rings. The van der Waals surface area contributed by atoms with Crippen molar-refractivity contribution in [3.05, 3.63) is 58.6 Å². The predicted octanol–water partition coefficient (Wildman–Crippen LogP) is 3.06. The average molecular weight is 416 g/mol. The molecule has 9 heteroatoms. The Balaban J connectivity index is 1.45. The first-order valence-corrected chi connectivity index (χ1v) is 9.92. The number of hydrogen-bond donors (Lipinski definition) is 1. The second-order valence-corrected chi connectivity index (χ2v) is 7.76. The quantitative estimate of drug-likeness (QED) is 0.548. The zero-order chi connectivity index (χ0) is 21.7. The Bertz CT molecular complexity index is 1390. The molecule has 0 saturated heterocycles. The maximum atomic E-state index is 12.7. The molecule has 4 heterocycles. The third-order valence-electron chi connectivity index (χ3n) is 5.25. The van der Waals surface area contributed by atoms with E-state index < -0.39 is 0 Å². The molecule has 0 spiro atoms. The maximum Gasteiger partial charge on any atom is 0.306 e. The van der Waals surface area contributed by atoms with Gasteiger partial charge in [-0.1, -0.05) is 6.07 Å². The van der Waals surface area contributed by atoms with Crippen LogP contribution in [0.15, 0.2) is 47.5 Å². The van der Waals surface area contributed by atoms with Crippen LogP contribution in [0.4, 0.5) is 5.69 Å². The standard InChI is InChI=1S/C22H20N6O3/c1-12(2)28-20-16(11-24-28)21(30)27(3)22(26-20)31-15-5-7-17(23-10-15)13-4-6-18-14(8-13)9-19(29)25-18/h4-8,10-12H,9H2,1-3H3,(H,25,29). The van der Waals surface area contributed by atoms with Crippen molar-refractivity contribution in [1.29, 1.82) is 0 Å². The van der Waals surface area contributed by atoms with E-state index in [0.29, 0.717) is 23.2 Å². The molecule has 0 aliphatic carbocycles. The second kappa shape index (κ2) is 7.05. The van der Waals surface area contributed by atoms with E-state index in [1.165, 1.54) is 10.8 Å². The average Bonchev–Trinajstić information content (AvgIpc) is 3.34. The van der Waals surface area contributed by atoms with E-state index in [2.05, 4.69) is 20.4 Å². The minimum atomic E-state index is -0.224. The number of ether oxygens (including phenoxy) is 1. The van der Waals surface area contributed by atoms with E-state index in [-0.39, 0.29) is 23.5 Å². The number of rotatable bonds is 4. The van der Waals surface area contributed by atoms with Crippen molar-refractivity contribution < 1.29 is 9.53 Å². The Morgan fingerprint density at radius 1 is 1.13 bits per heavy atom. The largest absolute Gasteiger partial charge is 0.424 e. The van der Waals surface area contributed by atoms with Gasteiger partial charge < -0.3 is 10.1 Å². The zero-order valence-electron chi connectivity index (χ0n) is 17.3. The van der Waals surface area contributed by atoms with Gasteiger partial charge in [0.15, 0.2) is 5.65 Å². The molecule has 3 aromatic heterocycles. The van der Waals surface area contributed by atoms with Crippen LogP contribution >= 0.6 is 0 Å². The number of hydrogen-bond acceptors (Lipinski definition) is 6. The second-order valence-electron chi connectivity index (χ2n) is 7.76. The first kappa shape index (κ1) is 19.0. The highest BCUT2D eigenvalue weighted by molar-refractivity contribution is 5.99. The van der Waals surface area contributed by atoms with Gasteiger partial charge in [-0.25, -0.2) is 4.68 Å². The lowest BCUT2D eigenvalue weighted by molar-refractivity contribution is -0.115. The fourth-order valence-electron chi connectivity index (χ4n) is 3.63. The molecule has 0 radical (unpaired) electrons. The number of amides is 1. The van der Waals surface area contributed by atoms with Gasteiger partial charge in [-0.15, -0.1) is 0 Å². The topological polar surface area (TPSA) is 104 Å². The predicted molar refractivity (Wildman–Crippen MR) is 115 cm³/mol. The summed E-state index contributed by atoms with van der Waals surface area (Å²) in [4.78, 5) is 33.2. The van der Waals surface area contributed by atoms with Gasteiger partial charge in [0.1, 0.15) is 11.1 Å². The summed E-state index contributed by atoms with van der Waals surface area (Å²) in [6.45, 7) is 3.94. The first-order valence-electron chi connectivity index (χ1n) is 9.92. The van der Waals surface area contributed by atoms with Crippen molar-refractivity contribution in [3.63, 3.8) is 0 Å². The minimum absolute atomic E-state index is 0.00209. The van der Waals surface area contributed by atoms with E-state index >= 15 is 0 Å². The fourth-order valence-corrected chi connectivity index (χ4v) is 3.63. The third-order valence-corrected chi connectivity index (χ3v) is 5.25. The van der Waals surface area contributed by atoms with Crippen molar-refractivity contribution in [2.75, 3.05) is 5.32 Å². The number of nitrogens with zero attached hydrogens (tertiary/aromatic N) is 5. The van der Waals surface area contributed by atoms with E-state index in [1.54, 1.807) is 24.0 Å². The van der Waals surface area contributed by atoms with Crippen LogP contribution in [0.5, 0.6) is 11.8 Å². The van der Waals surface area contributed by atoms with Gasteiger partial charge in [0, 0.05) is 24.3 Å². The molecule has 0 atom stereocenters. The zero-order valence-corrected chi connectivity index (χ0v) is 17.3. The Hall–Kier alpha value is -4.01. The summed E-state index contributed by atoms with van der Waals surface area (Å²) in [5.74, 6) is 0.456. The summed E-state index contributed by atoms with van der Waals surface area (Å²) in [6, 6.07) is 9.59. The lowest BCUT2D eigenvalue weighted by atomic mass is 10.1. The molecular weight excluding hydrogens is 396 g/mol. The van der Waals surface area contributed by atoms with Gasteiger partial charge in [0.25, 0.3) is 5.56 Å². The molecular formula is C22H20N6O3. The fraction of sp³-hybridized carbons (Fsp3) is 0.227. The summed E-state index contributed by atoms with van der Waals surface area (Å²) in [5, 5.41) is 7.54. The molecule has 1 N–H and O–H groups in total. The minimum Gasteiger partial charge on any atom is -0.424 e. The molecule has 9 nitrogen and oxygen atoms in total. The van der Waals surface area contributed by atoms with Crippen LogP contribution in [-0.2, 0) is 18.3 Å². The van der Waals surface area contributed by atoms with Crippen molar-refractivity contribution in [2.45, 2.75) is 26.3 Å². The number of pyridine rings is 1. The number of anilines is 1. The van der Waals surface area contributed by atoms with Crippen LogP contribution in [0.3, 0.4) is 0 Å². The molecule has 0 unspecified atom stereocenters. The highest BCUT2D eigenvalue weighted by atomic mass is 16.5. The Morgan fingerprint density at radius 2 is 1.97 bits per heavy atom. The van der Waals surface area contributed by atoms with Crippen molar-refractivity contribution in [2.24, 2.45) is 7.05 Å². The molecule has 0 saturated carbocycles. The lowest BCUT2D eigenvalue weighted by Gasteiger charge is -2.11. The monoisotopic (exact) mass is 416 g/mol. The lowest BCUT2D eigenvalue weighted by Crippen LogP contribution is -2.20. The number of aromatic nitrogens is 5. The molecule has 31 heavy (non-hydrogen) atoms. The summed E-state index contributed by atoms with van der Waals surface area (Å²) < 4.78 is 8.92. The van der Waals surface area contributed by atoms with Crippen molar-refractivity contribution in [3.8, 4) is 23.0 Å². The molecule has 1 aliphatic heterocycles. The molecule has 1 amide bonds. The number of carbonyl (C=O) groups is 1. The Morgan fingerprint density at radius 3 is 2.71 bits per heavy atom. The van der Waals surface area contributed by atoms with Crippen LogP contribution in [0.25, 0.3) is 22.3 Å². The number of nitrogens with one attached hydrogen (secondary N) is 1. The summed E-state index contributed by atoms with van der Waals surface area (Å²) in [5.41, 5.74) is 3.73. The smallest absolute Gasteiger partial charge is 0.306 e. The normalized spacial score (nSPS) is 13.0. The van der Waals surface area contributed by atoms with Crippen LogP contribution in [0, 0.1) is 0 Å². The molecule has 156 valence electrons. The van der Waals surface area contributed by atoms with E-state index in [1.807, 2.05) is 38.1 Å². The summed E-state index contributed by atoms with van der Waals surface area (Å²) in [7, 11) is 1.61. The first-order chi connectivity index (χ1) is 14.9. The van der Waals surface area contributed by atoms with Gasteiger partial charge in [-0.3, -0.25) is 19.1 Å². The van der Waals surface area contributed by atoms with E-state index in [4.69, 9.17) is 4.74 Å². The van der Waals surface area contributed by atoms with Crippen LogP contribution in [-0.4, -0.2) is 30.2 Å². The maximum absolute atomic E-state index is 12.7. The van der Waals surface area contributed by atoms with E-state index in [0.717, 1.165) is 22.5 Å². The highest BCUT2D eigenvalue weighted by Gasteiger charge is 2.19. The van der Waals surface area contributed by atoms with Crippen LogP contribution in [0.1, 0.15) is 25.5 Å². The van der Waals surface area contributed by atoms with E-state index in [9.17, 15) is 9.59 Å². The van der Waals surface area contributed by atoms with Gasteiger partial charge in [-0.05, 0) is 43.7 Å². The molecule has 1 aliphatic rings. The number of fused-ring (bicyclic) bond motifs is 2. The van der Waals surface area contributed by atoms with Crippen LogP contribution < -0.4 is 15.6 Å². The number of benzene rings is 1. The number of carbonyl (C=O) groups excluding carboxylic acids is 1. The van der Waals surface area contributed by atoms with Gasteiger partial charge >= 0.3 is 6.01 Å². The Labute approximate surface area is 177 Å². The highest BCUT2D eigenvalue weighted by Crippen LogP contribution is 2.29. The SMILES string of the molecule is CC(C)n1ncc2c(=O)n(C)c(Oc3ccc(-c4ccc5c(c4)CC(=O)N5)nc3)nc21. The molecule has 0 bridgehead atoms. The van der Waals surface area contributed by atoms with Crippen molar-refractivity contribution in [1.82, 2.24) is 24.3 Å². The van der Waals surface area contributed by atoms with Gasteiger partial charge in [0.05, 0.1) is 24.5 Å². The van der Waals surface area contributed by atoms with Gasteiger partial charge in [0.2, 0.25) is 5.91 Å². The molecule has 5 rings (SSSR count). The third kappa shape index (κ3) is 3.24. The summed E-state index contributed by atoms with van der Waals surface area (Å²) in [6.07, 6.45) is 3.49.